The average Bonchev–Trinajstić information content (AvgIpc) is 3.22. The first-order valence-corrected chi connectivity index (χ1v) is 10.6. The Morgan fingerprint density at radius 3 is 2.90 bits per heavy atom. The van der Waals surface area contributed by atoms with E-state index >= 15 is 0 Å². The van der Waals surface area contributed by atoms with Gasteiger partial charge in [-0.25, -0.2) is 4.99 Å². The molecule has 1 aliphatic rings. The van der Waals surface area contributed by atoms with E-state index in [1.54, 1.807) is 12.1 Å². The van der Waals surface area contributed by atoms with Gasteiger partial charge in [-0.2, -0.15) is 0 Å². The molecule has 1 atom stereocenters. The van der Waals surface area contributed by atoms with Gasteiger partial charge in [0.25, 0.3) is 5.91 Å². The maximum Gasteiger partial charge on any atom is 0.256 e. The molecular formula is C22H20BrClN2O3. The third-order valence-electron chi connectivity index (χ3n) is 4.85. The van der Waals surface area contributed by atoms with Crippen LogP contribution in [0.1, 0.15) is 28.8 Å². The van der Waals surface area contributed by atoms with Crippen molar-refractivity contribution in [1.82, 2.24) is 5.32 Å². The van der Waals surface area contributed by atoms with Crippen molar-refractivity contribution in [3.63, 3.8) is 0 Å². The van der Waals surface area contributed by atoms with Crippen molar-refractivity contribution in [1.29, 1.82) is 0 Å². The zero-order valence-corrected chi connectivity index (χ0v) is 18.2. The summed E-state index contributed by atoms with van der Waals surface area (Å²) in [6, 6.07) is 12.9. The van der Waals surface area contributed by atoms with Gasteiger partial charge in [-0.05, 0) is 61.7 Å². The van der Waals surface area contributed by atoms with E-state index < -0.39 is 0 Å². The lowest BCUT2D eigenvalue weighted by Crippen LogP contribution is -2.34. The molecule has 29 heavy (non-hydrogen) atoms. The first-order valence-electron chi connectivity index (χ1n) is 9.44. The summed E-state index contributed by atoms with van der Waals surface area (Å²) in [5, 5.41) is 4.36. The van der Waals surface area contributed by atoms with Crippen molar-refractivity contribution in [2.45, 2.75) is 25.9 Å². The molecule has 1 amide bonds. The van der Waals surface area contributed by atoms with Crippen LogP contribution < -0.4 is 10.9 Å². The van der Waals surface area contributed by atoms with Gasteiger partial charge in [0.1, 0.15) is 11.1 Å². The minimum Gasteiger partial charge on any atom is -0.438 e. The van der Waals surface area contributed by atoms with E-state index in [1.165, 1.54) is 0 Å². The summed E-state index contributed by atoms with van der Waals surface area (Å²) < 4.78 is 12.5. The van der Waals surface area contributed by atoms with Gasteiger partial charge in [0.15, 0.2) is 0 Å². The quantitative estimate of drug-likeness (QED) is 0.557. The minimum atomic E-state index is -0.247. The highest BCUT2D eigenvalue weighted by atomic mass is 79.9. The molecule has 5 nitrogen and oxygen atoms in total. The number of fused-ring (bicyclic) bond motifs is 1. The molecule has 0 spiro atoms. The molecular weight excluding hydrogens is 456 g/mol. The first kappa shape index (κ1) is 20.1. The second-order valence-corrected chi connectivity index (χ2v) is 8.36. The standard InChI is InChI=1S/C22H20BrClN2O3/c1-13-4-6-16(11-19(13)24)26-22-18(21(27)25-12-17-3-2-8-28-17)10-14-9-15(23)5-7-20(14)29-22/h4-7,9-11,17H,2-3,8,12H2,1H3,(H,25,27)/t17-/m1/s1. The molecule has 2 heterocycles. The predicted molar refractivity (Wildman–Crippen MR) is 117 cm³/mol. The number of rotatable bonds is 4. The second kappa shape index (κ2) is 8.69. The molecule has 1 aromatic heterocycles. The number of benzene rings is 2. The Kier molecular flexibility index (Phi) is 6.04. The lowest BCUT2D eigenvalue weighted by atomic mass is 10.1. The molecule has 150 valence electrons. The van der Waals surface area contributed by atoms with Crippen LogP contribution in [-0.2, 0) is 4.74 Å². The van der Waals surface area contributed by atoms with Crippen LogP contribution in [-0.4, -0.2) is 25.2 Å². The largest absolute Gasteiger partial charge is 0.438 e. The van der Waals surface area contributed by atoms with Gasteiger partial charge in [0, 0.05) is 28.0 Å². The van der Waals surface area contributed by atoms with Crippen molar-refractivity contribution in [2.24, 2.45) is 4.99 Å². The number of ether oxygens (including phenoxy) is 1. The molecule has 0 unspecified atom stereocenters. The molecule has 1 aliphatic heterocycles. The van der Waals surface area contributed by atoms with Crippen molar-refractivity contribution >= 4 is 50.1 Å². The van der Waals surface area contributed by atoms with E-state index in [4.69, 9.17) is 20.8 Å². The summed E-state index contributed by atoms with van der Waals surface area (Å²) in [5.41, 5.74) is 2.82. The van der Waals surface area contributed by atoms with Crippen LogP contribution in [0.4, 0.5) is 5.69 Å². The van der Waals surface area contributed by atoms with Crippen molar-refractivity contribution < 1.29 is 13.9 Å². The normalized spacial score (nSPS) is 17.1. The highest BCUT2D eigenvalue weighted by molar-refractivity contribution is 9.10. The third kappa shape index (κ3) is 4.71. The van der Waals surface area contributed by atoms with Crippen molar-refractivity contribution in [2.75, 3.05) is 13.2 Å². The van der Waals surface area contributed by atoms with Crippen LogP contribution in [0.5, 0.6) is 0 Å². The van der Waals surface area contributed by atoms with Gasteiger partial charge in [0.05, 0.1) is 11.8 Å². The van der Waals surface area contributed by atoms with Gasteiger partial charge in [-0.3, -0.25) is 4.79 Å². The Morgan fingerprint density at radius 2 is 2.14 bits per heavy atom. The molecule has 4 rings (SSSR count). The number of amides is 1. The molecule has 0 aliphatic carbocycles. The van der Waals surface area contributed by atoms with Crippen LogP contribution in [0.3, 0.4) is 0 Å². The number of nitrogens with zero attached hydrogens (tertiary/aromatic N) is 1. The minimum absolute atomic E-state index is 0.0572. The predicted octanol–water partition coefficient (Wildman–Crippen LogP) is 5.30. The molecule has 3 aromatic rings. The van der Waals surface area contributed by atoms with Crippen LogP contribution in [0.25, 0.3) is 11.0 Å². The first-order chi connectivity index (χ1) is 14.0. The summed E-state index contributed by atoms with van der Waals surface area (Å²) in [6.45, 7) is 3.13. The highest BCUT2D eigenvalue weighted by Gasteiger charge is 2.18. The summed E-state index contributed by atoms with van der Waals surface area (Å²) in [5.74, 6) is -0.247. The second-order valence-electron chi connectivity index (χ2n) is 7.04. The maximum absolute atomic E-state index is 12.9. The molecule has 2 aromatic carbocycles. The van der Waals surface area contributed by atoms with Crippen LogP contribution in [0, 0.1) is 6.92 Å². The molecule has 1 saturated heterocycles. The van der Waals surface area contributed by atoms with Gasteiger partial charge in [-0.1, -0.05) is 33.6 Å². The Hall–Kier alpha value is -2.15. The number of carbonyl (C=O) groups is 1. The number of hydrogen-bond acceptors (Lipinski definition) is 4. The number of nitrogens with one attached hydrogen (secondary N) is 1. The highest BCUT2D eigenvalue weighted by Crippen LogP contribution is 2.23. The zero-order valence-electron chi connectivity index (χ0n) is 15.9. The monoisotopic (exact) mass is 474 g/mol. The number of aryl methyl sites for hydroxylation is 1. The van der Waals surface area contributed by atoms with Gasteiger partial charge < -0.3 is 14.5 Å². The van der Waals surface area contributed by atoms with Gasteiger partial charge in [-0.15, -0.1) is 0 Å². The molecule has 7 heteroatoms. The third-order valence-corrected chi connectivity index (χ3v) is 5.75. The topological polar surface area (TPSA) is 63.8 Å². The zero-order chi connectivity index (χ0) is 20.4. The van der Waals surface area contributed by atoms with Crippen LogP contribution in [0.15, 0.2) is 56.3 Å². The number of halogens is 2. The fourth-order valence-electron chi connectivity index (χ4n) is 3.22. The van der Waals surface area contributed by atoms with Gasteiger partial charge >= 0.3 is 0 Å². The van der Waals surface area contributed by atoms with E-state index in [-0.39, 0.29) is 17.6 Å². The summed E-state index contributed by atoms with van der Waals surface area (Å²) >= 11 is 9.69. The summed E-state index contributed by atoms with van der Waals surface area (Å²) in [7, 11) is 0. The maximum atomic E-state index is 12.9. The Labute approximate surface area is 181 Å². The van der Waals surface area contributed by atoms with Gasteiger partial charge in [0.2, 0.25) is 5.55 Å². The lowest BCUT2D eigenvalue weighted by molar-refractivity contribution is 0.0854. The number of carbonyl (C=O) groups excluding carboxylic acids is 1. The SMILES string of the molecule is Cc1ccc(N=c2oc3ccc(Br)cc3cc2C(=O)NC[C@H]2CCCO2)cc1Cl. The molecule has 1 N–H and O–H groups in total. The molecule has 0 bridgehead atoms. The fourth-order valence-corrected chi connectivity index (χ4v) is 3.78. The summed E-state index contributed by atoms with van der Waals surface area (Å²) in [4.78, 5) is 17.5. The lowest BCUT2D eigenvalue weighted by Gasteiger charge is -2.11. The van der Waals surface area contributed by atoms with Crippen LogP contribution in [0.2, 0.25) is 5.02 Å². The molecule has 1 fully saturated rings. The van der Waals surface area contributed by atoms with Crippen LogP contribution >= 0.6 is 27.5 Å². The Bertz CT molecular complexity index is 1140. The van der Waals surface area contributed by atoms with E-state index in [0.717, 1.165) is 34.9 Å². The van der Waals surface area contributed by atoms with Crippen molar-refractivity contribution in [3.8, 4) is 0 Å². The molecule has 0 radical (unpaired) electrons. The average molecular weight is 476 g/mol. The Morgan fingerprint density at radius 1 is 1.28 bits per heavy atom. The van der Waals surface area contributed by atoms with Crippen molar-refractivity contribution in [3.05, 3.63) is 68.6 Å². The van der Waals surface area contributed by atoms with E-state index in [2.05, 4.69) is 26.2 Å². The molecule has 0 saturated carbocycles. The number of hydrogen-bond donors (Lipinski definition) is 1. The smallest absolute Gasteiger partial charge is 0.256 e. The van der Waals surface area contributed by atoms with E-state index in [0.29, 0.717) is 28.4 Å². The Balaban J connectivity index is 1.76. The van der Waals surface area contributed by atoms with E-state index in [1.807, 2.05) is 37.3 Å². The summed E-state index contributed by atoms with van der Waals surface area (Å²) in [6.07, 6.45) is 2.03. The fraction of sp³-hybridized carbons (Fsp3) is 0.273. The van der Waals surface area contributed by atoms with E-state index in [9.17, 15) is 4.79 Å².